The molecule has 0 fully saturated rings. The second-order valence-electron chi connectivity index (χ2n) is 5.50. The first-order chi connectivity index (χ1) is 12.3. The SMILES string of the molecule is CS(=O)(=O)Nc1cc(F)cc(NC(=O)c2cc(-c3cccnc3)cs2)c1. The van der Waals surface area contributed by atoms with Gasteiger partial charge in [0.25, 0.3) is 5.91 Å². The number of nitrogens with one attached hydrogen (secondary N) is 2. The Kier molecular flexibility index (Phi) is 5.01. The molecule has 9 heteroatoms. The largest absolute Gasteiger partial charge is 0.321 e. The highest BCUT2D eigenvalue weighted by Gasteiger charge is 2.12. The second kappa shape index (κ2) is 7.22. The molecular weight excluding hydrogens is 377 g/mol. The molecule has 1 aromatic carbocycles. The van der Waals surface area contributed by atoms with Crippen LogP contribution in [-0.2, 0) is 10.0 Å². The fourth-order valence-electron chi connectivity index (χ4n) is 2.27. The monoisotopic (exact) mass is 391 g/mol. The van der Waals surface area contributed by atoms with Gasteiger partial charge in [-0.05, 0) is 41.3 Å². The van der Waals surface area contributed by atoms with E-state index in [1.54, 1.807) is 24.5 Å². The van der Waals surface area contributed by atoms with Gasteiger partial charge in [0.1, 0.15) is 5.82 Å². The van der Waals surface area contributed by atoms with E-state index in [2.05, 4.69) is 15.0 Å². The summed E-state index contributed by atoms with van der Waals surface area (Å²) in [4.78, 5) is 16.9. The Balaban J connectivity index is 1.79. The molecule has 0 saturated carbocycles. The predicted octanol–water partition coefficient (Wildman–Crippen LogP) is 3.57. The van der Waals surface area contributed by atoms with Gasteiger partial charge in [0, 0.05) is 23.6 Å². The number of thiophene rings is 1. The van der Waals surface area contributed by atoms with Crippen LogP contribution in [0, 0.1) is 5.82 Å². The van der Waals surface area contributed by atoms with Crippen molar-refractivity contribution in [1.29, 1.82) is 0 Å². The summed E-state index contributed by atoms with van der Waals surface area (Å²) in [6, 6.07) is 8.88. The molecule has 0 bridgehead atoms. The number of aromatic nitrogens is 1. The molecule has 0 aliphatic carbocycles. The number of anilines is 2. The van der Waals surface area contributed by atoms with E-state index in [4.69, 9.17) is 0 Å². The number of nitrogens with zero attached hydrogens (tertiary/aromatic N) is 1. The van der Waals surface area contributed by atoms with Crippen LogP contribution in [0.1, 0.15) is 9.67 Å². The van der Waals surface area contributed by atoms with Crippen molar-refractivity contribution in [1.82, 2.24) is 4.98 Å². The predicted molar refractivity (Wildman–Crippen MR) is 100 cm³/mol. The first-order valence-corrected chi connectivity index (χ1v) is 10.2. The van der Waals surface area contributed by atoms with Crippen LogP contribution in [0.15, 0.2) is 54.2 Å². The molecule has 2 aromatic heterocycles. The van der Waals surface area contributed by atoms with E-state index in [1.807, 2.05) is 11.4 Å². The molecule has 0 atom stereocenters. The van der Waals surface area contributed by atoms with Crippen LogP contribution < -0.4 is 10.0 Å². The van der Waals surface area contributed by atoms with Gasteiger partial charge in [0.05, 0.1) is 16.8 Å². The molecular formula is C17H14FN3O3S2. The van der Waals surface area contributed by atoms with Crippen molar-refractivity contribution in [2.75, 3.05) is 16.3 Å². The third kappa shape index (κ3) is 4.64. The van der Waals surface area contributed by atoms with Crippen LogP contribution in [0.2, 0.25) is 0 Å². The van der Waals surface area contributed by atoms with Gasteiger partial charge in [-0.3, -0.25) is 14.5 Å². The maximum Gasteiger partial charge on any atom is 0.265 e. The first kappa shape index (κ1) is 18.0. The highest BCUT2D eigenvalue weighted by Crippen LogP contribution is 2.26. The van der Waals surface area contributed by atoms with Gasteiger partial charge >= 0.3 is 0 Å². The van der Waals surface area contributed by atoms with E-state index in [-0.39, 0.29) is 11.4 Å². The highest BCUT2D eigenvalue weighted by atomic mass is 32.2. The molecule has 0 spiro atoms. The number of amides is 1. The topological polar surface area (TPSA) is 88.2 Å². The Morgan fingerprint density at radius 3 is 2.62 bits per heavy atom. The zero-order valence-electron chi connectivity index (χ0n) is 13.6. The smallest absolute Gasteiger partial charge is 0.265 e. The molecule has 3 rings (SSSR count). The minimum atomic E-state index is -3.55. The summed E-state index contributed by atoms with van der Waals surface area (Å²) in [5.41, 5.74) is 1.92. The van der Waals surface area contributed by atoms with Crippen molar-refractivity contribution >= 4 is 38.6 Å². The lowest BCUT2D eigenvalue weighted by molar-refractivity contribution is 0.103. The van der Waals surface area contributed by atoms with Crippen molar-refractivity contribution in [3.8, 4) is 11.1 Å². The molecule has 2 heterocycles. The Labute approximate surface area is 153 Å². The van der Waals surface area contributed by atoms with Crippen LogP contribution in [0.5, 0.6) is 0 Å². The summed E-state index contributed by atoms with van der Waals surface area (Å²) in [7, 11) is -3.55. The molecule has 0 unspecified atom stereocenters. The van der Waals surface area contributed by atoms with E-state index >= 15 is 0 Å². The van der Waals surface area contributed by atoms with Crippen LogP contribution in [-0.4, -0.2) is 25.6 Å². The number of carbonyl (C=O) groups excluding carboxylic acids is 1. The lowest BCUT2D eigenvalue weighted by atomic mass is 10.1. The average molecular weight is 391 g/mol. The van der Waals surface area contributed by atoms with Gasteiger partial charge in [-0.25, -0.2) is 12.8 Å². The molecule has 1 amide bonds. The minimum absolute atomic E-state index is 0.0324. The van der Waals surface area contributed by atoms with Crippen molar-refractivity contribution in [3.05, 3.63) is 64.9 Å². The molecule has 3 aromatic rings. The van der Waals surface area contributed by atoms with Crippen molar-refractivity contribution in [2.24, 2.45) is 0 Å². The Bertz CT molecular complexity index is 1050. The Morgan fingerprint density at radius 1 is 1.15 bits per heavy atom. The normalized spacial score (nSPS) is 11.2. The quantitative estimate of drug-likeness (QED) is 0.696. The van der Waals surface area contributed by atoms with Crippen LogP contribution >= 0.6 is 11.3 Å². The molecule has 2 N–H and O–H groups in total. The second-order valence-corrected chi connectivity index (χ2v) is 8.16. The van der Waals surface area contributed by atoms with Gasteiger partial charge in [0.2, 0.25) is 10.0 Å². The van der Waals surface area contributed by atoms with E-state index < -0.39 is 21.7 Å². The third-order valence-corrected chi connectivity index (χ3v) is 4.81. The fourth-order valence-corrected chi connectivity index (χ4v) is 3.62. The highest BCUT2D eigenvalue weighted by molar-refractivity contribution is 7.92. The van der Waals surface area contributed by atoms with E-state index in [1.165, 1.54) is 17.4 Å². The summed E-state index contributed by atoms with van der Waals surface area (Å²) in [6.07, 6.45) is 4.32. The van der Waals surface area contributed by atoms with Gasteiger partial charge < -0.3 is 5.32 Å². The number of halogens is 1. The maximum absolute atomic E-state index is 13.7. The number of pyridine rings is 1. The lowest BCUT2D eigenvalue weighted by Gasteiger charge is -2.08. The van der Waals surface area contributed by atoms with Crippen LogP contribution in [0.25, 0.3) is 11.1 Å². The summed E-state index contributed by atoms with van der Waals surface area (Å²) in [5, 5.41) is 4.40. The Morgan fingerprint density at radius 2 is 1.92 bits per heavy atom. The minimum Gasteiger partial charge on any atom is -0.321 e. The molecule has 0 saturated heterocycles. The first-order valence-electron chi connectivity index (χ1n) is 7.39. The zero-order chi connectivity index (χ0) is 18.7. The van der Waals surface area contributed by atoms with Crippen molar-refractivity contribution in [2.45, 2.75) is 0 Å². The number of sulfonamides is 1. The molecule has 6 nitrogen and oxygen atoms in total. The van der Waals surface area contributed by atoms with Gasteiger partial charge in [-0.2, -0.15) is 0 Å². The number of benzene rings is 1. The van der Waals surface area contributed by atoms with Gasteiger partial charge in [-0.1, -0.05) is 6.07 Å². The van der Waals surface area contributed by atoms with E-state index in [9.17, 15) is 17.6 Å². The molecule has 0 radical (unpaired) electrons. The number of hydrogen-bond acceptors (Lipinski definition) is 5. The van der Waals surface area contributed by atoms with Gasteiger partial charge in [-0.15, -0.1) is 11.3 Å². The maximum atomic E-state index is 13.7. The molecule has 26 heavy (non-hydrogen) atoms. The number of hydrogen-bond donors (Lipinski definition) is 2. The summed E-state index contributed by atoms with van der Waals surface area (Å²) in [6.45, 7) is 0. The number of rotatable bonds is 5. The van der Waals surface area contributed by atoms with E-state index in [0.717, 1.165) is 29.5 Å². The summed E-state index contributed by atoms with van der Waals surface area (Å²) < 4.78 is 38.4. The van der Waals surface area contributed by atoms with Crippen molar-refractivity contribution < 1.29 is 17.6 Å². The van der Waals surface area contributed by atoms with Crippen LogP contribution in [0.4, 0.5) is 15.8 Å². The third-order valence-electron chi connectivity index (χ3n) is 3.28. The van der Waals surface area contributed by atoms with Crippen molar-refractivity contribution in [3.63, 3.8) is 0 Å². The fraction of sp³-hybridized carbons (Fsp3) is 0.0588. The lowest BCUT2D eigenvalue weighted by Crippen LogP contribution is -2.12. The standard InChI is InChI=1S/C17H14FN3O3S2/c1-26(23,24)21-15-7-13(18)6-14(8-15)20-17(22)16-5-12(10-25-16)11-3-2-4-19-9-11/h2-10,21H,1H3,(H,20,22). The molecule has 0 aliphatic heterocycles. The van der Waals surface area contributed by atoms with Crippen LogP contribution in [0.3, 0.4) is 0 Å². The average Bonchev–Trinajstić information content (AvgIpc) is 3.03. The molecule has 134 valence electrons. The van der Waals surface area contributed by atoms with Gasteiger partial charge in [0.15, 0.2) is 0 Å². The summed E-state index contributed by atoms with van der Waals surface area (Å²) >= 11 is 1.25. The number of carbonyl (C=O) groups is 1. The Hall–Kier alpha value is -2.78. The van der Waals surface area contributed by atoms with E-state index in [0.29, 0.717) is 4.88 Å². The zero-order valence-corrected chi connectivity index (χ0v) is 15.2. The molecule has 0 aliphatic rings. The summed E-state index contributed by atoms with van der Waals surface area (Å²) in [5.74, 6) is -1.09.